The second-order valence-corrected chi connectivity index (χ2v) is 4.99. The Morgan fingerprint density at radius 3 is 2.60 bits per heavy atom. The predicted molar refractivity (Wildman–Crippen MR) is 69.3 cm³/mol. The first-order valence-corrected chi connectivity index (χ1v) is 6.40. The van der Waals surface area contributed by atoms with Gasteiger partial charge in [-0.1, -0.05) is 0 Å². The second-order valence-electron chi connectivity index (χ2n) is 4.99. The second kappa shape index (κ2) is 5.03. The van der Waals surface area contributed by atoms with Gasteiger partial charge in [0, 0.05) is 23.7 Å². The summed E-state index contributed by atoms with van der Waals surface area (Å²) in [6.07, 6.45) is 2.18. The third-order valence-corrected chi connectivity index (χ3v) is 3.17. The maximum atomic E-state index is 13.0. The molecule has 0 spiro atoms. The number of nitrogens with one attached hydrogen (secondary N) is 2. The van der Waals surface area contributed by atoms with Crippen LogP contribution < -0.4 is 5.32 Å². The summed E-state index contributed by atoms with van der Waals surface area (Å²) in [5.74, 6) is -0.782. The van der Waals surface area contributed by atoms with E-state index in [0.29, 0.717) is 11.7 Å². The summed E-state index contributed by atoms with van der Waals surface area (Å²) in [5, 5.41) is 9.47. The Morgan fingerprint density at radius 2 is 1.95 bits per heavy atom. The summed E-state index contributed by atoms with van der Waals surface area (Å²) in [7, 11) is 0. The maximum absolute atomic E-state index is 13.0. The first kappa shape index (κ1) is 12.8. The quantitative estimate of drug-likeness (QED) is 0.902. The molecule has 0 aliphatic heterocycles. The number of aromatic nitrogens is 2. The number of amides is 1. The number of nitrogens with zero attached hydrogens (tertiary/aromatic N) is 1. The van der Waals surface area contributed by atoms with Crippen LogP contribution in [0, 0.1) is 11.6 Å². The van der Waals surface area contributed by atoms with E-state index in [0.717, 1.165) is 36.7 Å². The summed E-state index contributed by atoms with van der Waals surface area (Å²) in [5.41, 5.74) is 1.30. The van der Waals surface area contributed by atoms with Crippen molar-refractivity contribution in [2.75, 3.05) is 5.32 Å². The van der Waals surface area contributed by atoms with Gasteiger partial charge in [-0.2, -0.15) is 5.10 Å². The van der Waals surface area contributed by atoms with E-state index in [1.54, 1.807) is 6.07 Å². The molecule has 1 aliphatic carbocycles. The van der Waals surface area contributed by atoms with E-state index in [9.17, 15) is 13.6 Å². The van der Waals surface area contributed by atoms with Crippen LogP contribution in [0.15, 0.2) is 24.3 Å². The summed E-state index contributed by atoms with van der Waals surface area (Å²) < 4.78 is 26.0. The van der Waals surface area contributed by atoms with Crippen LogP contribution in [0.1, 0.15) is 30.0 Å². The van der Waals surface area contributed by atoms with Gasteiger partial charge < -0.3 is 5.32 Å². The zero-order chi connectivity index (χ0) is 14.1. The third kappa shape index (κ3) is 3.01. The van der Waals surface area contributed by atoms with Crippen LogP contribution in [-0.4, -0.2) is 16.1 Å². The molecule has 1 aromatic carbocycles. The predicted octanol–water partition coefficient (Wildman–Crippen LogP) is 2.75. The summed E-state index contributed by atoms with van der Waals surface area (Å²) in [6, 6.07) is 4.85. The number of rotatable bonds is 4. The fourth-order valence-electron chi connectivity index (χ4n) is 2.09. The molecule has 1 aromatic heterocycles. The fraction of sp³-hybridized carbons (Fsp3) is 0.286. The average molecular weight is 277 g/mol. The van der Waals surface area contributed by atoms with Gasteiger partial charge in [-0.15, -0.1) is 0 Å². The van der Waals surface area contributed by atoms with E-state index in [-0.39, 0.29) is 17.9 Å². The molecule has 1 fully saturated rings. The molecule has 0 radical (unpaired) electrons. The molecule has 20 heavy (non-hydrogen) atoms. The maximum Gasteiger partial charge on any atom is 0.229 e. The van der Waals surface area contributed by atoms with E-state index in [2.05, 4.69) is 15.5 Å². The van der Waals surface area contributed by atoms with Crippen LogP contribution in [0.4, 0.5) is 14.6 Å². The van der Waals surface area contributed by atoms with Gasteiger partial charge in [0.1, 0.15) is 11.6 Å². The molecule has 6 heteroatoms. The number of carbonyl (C=O) groups is 1. The number of anilines is 1. The highest BCUT2D eigenvalue weighted by atomic mass is 19.1. The summed E-state index contributed by atoms with van der Waals surface area (Å²) in [4.78, 5) is 11.8. The van der Waals surface area contributed by atoms with Crippen LogP contribution in [0.3, 0.4) is 0 Å². The molecule has 1 amide bonds. The van der Waals surface area contributed by atoms with Crippen molar-refractivity contribution in [3.8, 4) is 0 Å². The van der Waals surface area contributed by atoms with E-state index in [1.807, 2.05) is 0 Å². The lowest BCUT2D eigenvalue weighted by atomic mass is 10.1. The molecule has 104 valence electrons. The Balaban J connectivity index is 1.63. The Bertz CT molecular complexity index is 629. The Hall–Kier alpha value is -2.24. The molecule has 2 aromatic rings. The zero-order valence-corrected chi connectivity index (χ0v) is 10.6. The van der Waals surface area contributed by atoms with Crippen molar-refractivity contribution in [3.63, 3.8) is 0 Å². The first-order valence-electron chi connectivity index (χ1n) is 6.40. The number of hydrogen-bond donors (Lipinski definition) is 2. The number of benzene rings is 1. The molecule has 0 atom stereocenters. The Morgan fingerprint density at radius 1 is 1.25 bits per heavy atom. The largest absolute Gasteiger partial charge is 0.309 e. The topological polar surface area (TPSA) is 57.8 Å². The van der Waals surface area contributed by atoms with Crippen molar-refractivity contribution >= 4 is 11.7 Å². The highest BCUT2D eigenvalue weighted by Gasteiger charge is 2.25. The number of hydrogen-bond acceptors (Lipinski definition) is 2. The average Bonchev–Trinajstić information content (AvgIpc) is 3.09. The third-order valence-electron chi connectivity index (χ3n) is 3.17. The molecular weight excluding hydrogens is 264 g/mol. The van der Waals surface area contributed by atoms with E-state index >= 15 is 0 Å². The van der Waals surface area contributed by atoms with Crippen molar-refractivity contribution in [3.05, 3.63) is 47.2 Å². The van der Waals surface area contributed by atoms with Gasteiger partial charge in [0.15, 0.2) is 5.82 Å². The van der Waals surface area contributed by atoms with Gasteiger partial charge in [-0.3, -0.25) is 9.89 Å². The van der Waals surface area contributed by atoms with Gasteiger partial charge in [0.2, 0.25) is 5.91 Å². The van der Waals surface area contributed by atoms with E-state index in [4.69, 9.17) is 0 Å². The Kier molecular flexibility index (Phi) is 3.22. The van der Waals surface area contributed by atoms with Crippen LogP contribution in [-0.2, 0) is 11.2 Å². The SMILES string of the molecule is O=C(Cc1cc(F)cc(F)c1)Nc1cc(C2CC2)[nH]n1. The molecular formula is C14H13F2N3O. The molecule has 0 bridgehead atoms. The molecule has 3 rings (SSSR count). The fourth-order valence-corrected chi connectivity index (χ4v) is 2.09. The van der Waals surface area contributed by atoms with Crippen molar-refractivity contribution in [1.29, 1.82) is 0 Å². The minimum Gasteiger partial charge on any atom is -0.309 e. The van der Waals surface area contributed by atoms with Crippen molar-refractivity contribution in [1.82, 2.24) is 10.2 Å². The minimum absolute atomic E-state index is 0.0969. The lowest BCUT2D eigenvalue weighted by Crippen LogP contribution is -2.14. The van der Waals surface area contributed by atoms with E-state index in [1.165, 1.54) is 0 Å². The van der Waals surface area contributed by atoms with Crippen LogP contribution in [0.5, 0.6) is 0 Å². The van der Waals surface area contributed by atoms with Gasteiger partial charge in [0.25, 0.3) is 0 Å². The molecule has 1 saturated carbocycles. The van der Waals surface area contributed by atoms with E-state index < -0.39 is 11.6 Å². The normalized spacial score (nSPS) is 14.3. The monoisotopic (exact) mass is 277 g/mol. The first-order chi connectivity index (χ1) is 9.60. The summed E-state index contributed by atoms with van der Waals surface area (Å²) in [6.45, 7) is 0. The molecule has 2 N–H and O–H groups in total. The standard InChI is InChI=1S/C14H13F2N3O/c15-10-3-8(4-11(16)6-10)5-14(20)17-13-7-12(18-19-13)9-1-2-9/h3-4,6-7,9H,1-2,5H2,(H2,17,18,19,20). The molecule has 1 aliphatic rings. The Labute approximate surface area is 114 Å². The molecule has 0 saturated heterocycles. The van der Waals surface area contributed by atoms with Gasteiger partial charge >= 0.3 is 0 Å². The lowest BCUT2D eigenvalue weighted by Gasteiger charge is -2.02. The number of H-pyrrole nitrogens is 1. The van der Waals surface area contributed by atoms with Crippen LogP contribution in [0.2, 0.25) is 0 Å². The van der Waals surface area contributed by atoms with Crippen molar-refractivity contribution in [2.45, 2.75) is 25.2 Å². The molecule has 4 nitrogen and oxygen atoms in total. The highest BCUT2D eigenvalue weighted by Crippen LogP contribution is 2.39. The van der Waals surface area contributed by atoms with Gasteiger partial charge in [-0.05, 0) is 30.5 Å². The molecule has 1 heterocycles. The van der Waals surface area contributed by atoms with Crippen molar-refractivity contribution in [2.24, 2.45) is 0 Å². The minimum atomic E-state index is -0.691. The van der Waals surface area contributed by atoms with Crippen LogP contribution >= 0.6 is 0 Å². The van der Waals surface area contributed by atoms with Gasteiger partial charge in [-0.25, -0.2) is 8.78 Å². The number of aromatic amines is 1. The van der Waals surface area contributed by atoms with Crippen LogP contribution in [0.25, 0.3) is 0 Å². The lowest BCUT2D eigenvalue weighted by molar-refractivity contribution is -0.115. The number of carbonyl (C=O) groups excluding carboxylic acids is 1. The highest BCUT2D eigenvalue weighted by molar-refractivity contribution is 5.91. The van der Waals surface area contributed by atoms with Crippen molar-refractivity contribution < 1.29 is 13.6 Å². The zero-order valence-electron chi connectivity index (χ0n) is 10.6. The summed E-state index contributed by atoms with van der Waals surface area (Å²) >= 11 is 0. The van der Waals surface area contributed by atoms with Gasteiger partial charge in [0.05, 0.1) is 6.42 Å². The number of halogens is 2. The molecule has 0 unspecified atom stereocenters. The smallest absolute Gasteiger partial charge is 0.229 e.